The van der Waals surface area contributed by atoms with Crippen molar-refractivity contribution in [1.29, 1.82) is 0 Å². The maximum absolute atomic E-state index is 12.2. The van der Waals surface area contributed by atoms with E-state index in [-0.39, 0.29) is 16.6 Å². The van der Waals surface area contributed by atoms with Gasteiger partial charge in [0.15, 0.2) is 5.78 Å². The highest BCUT2D eigenvalue weighted by Crippen LogP contribution is 2.38. The van der Waals surface area contributed by atoms with Gasteiger partial charge >= 0.3 is 0 Å². The molecule has 102 valence electrons. The predicted molar refractivity (Wildman–Crippen MR) is 78.1 cm³/mol. The average molecular weight is 258 g/mol. The largest absolute Gasteiger partial charge is 0.294 e. The molecule has 1 aromatic heterocycles. The predicted octanol–water partition coefficient (Wildman–Crippen LogP) is 4.20. The summed E-state index contributed by atoms with van der Waals surface area (Å²) in [5, 5.41) is 0. The number of rotatable bonds is 2. The molecule has 3 nitrogen and oxygen atoms in total. The Morgan fingerprint density at radius 3 is 2.53 bits per heavy atom. The van der Waals surface area contributed by atoms with Crippen LogP contribution in [-0.2, 0) is 0 Å². The number of hydrogen-bond donors (Lipinski definition) is 0. The van der Waals surface area contributed by atoms with E-state index < -0.39 is 0 Å². The topological polar surface area (TPSA) is 42.3 Å². The lowest BCUT2D eigenvalue weighted by atomic mass is 9.71. The zero-order chi connectivity index (χ0) is 14.3. The number of carbonyl (C=O) groups excluding carboxylic acids is 1. The van der Waals surface area contributed by atoms with Crippen LogP contribution < -0.4 is 0 Å². The van der Waals surface area contributed by atoms with Crippen molar-refractivity contribution >= 4 is 17.2 Å². The molecule has 0 saturated carbocycles. The third kappa shape index (κ3) is 3.09. The molecule has 2 rings (SSSR count). The summed E-state index contributed by atoms with van der Waals surface area (Å²) >= 11 is 0. The summed E-state index contributed by atoms with van der Waals surface area (Å²) in [5.41, 5.74) is 2.56. The second-order valence-electron chi connectivity index (χ2n) is 7.17. The van der Waals surface area contributed by atoms with Crippen LogP contribution in [0.3, 0.4) is 0 Å². The van der Waals surface area contributed by atoms with Gasteiger partial charge in [-0.1, -0.05) is 34.6 Å². The van der Waals surface area contributed by atoms with E-state index in [1.54, 1.807) is 12.4 Å². The van der Waals surface area contributed by atoms with E-state index in [0.717, 1.165) is 17.8 Å². The van der Waals surface area contributed by atoms with Gasteiger partial charge in [0.1, 0.15) is 0 Å². The first-order valence-electron chi connectivity index (χ1n) is 6.74. The molecule has 0 bridgehead atoms. The van der Waals surface area contributed by atoms with Gasteiger partial charge in [0.05, 0.1) is 17.7 Å². The van der Waals surface area contributed by atoms with Crippen LogP contribution in [0.15, 0.2) is 23.5 Å². The fourth-order valence-electron chi connectivity index (χ4n) is 2.95. The molecule has 0 saturated heterocycles. The molecule has 19 heavy (non-hydrogen) atoms. The van der Waals surface area contributed by atoms with E-state index in [2.05, 4.69) is 39.6 Å². The molecule has 0 spiro atoms. The van der Waals surface area contributed by atoms with E-state index in [0.29, 0.717) is 12.0 Å². The molecule has 0 N–H and O–H groups in total. The molecule has 1 aliphatic rings. The maximum Gasteiger partial charge on any atom is 0.172 e. The Morgan fingerprint density at radius 2 is 1.89 bits per heavy atom. The van der Waals surface area contributed by atoms with E-state index in [9.17, 15) is 4.79 Å². The monoisotopic (exact) mass is 258 g/mol. The number of hydrogen-bond acceptors (Lipinski definition) is 3. The summed E-state index contributed by atoms with van der Waals surface area (Å²) in [6.07, 6.45) is 4.73. The van der Waals surface area contributed by atoms with Gasteiger partial charge in [0.25, 0.3) is 0 Å². The van der Waals surface area contributed by atoms with Crippen LogP contribution >= 0.6 is 0 Å². The molecule has 2 heterocycles. The first kappa shape index (κ1) is 13.9. The lowest BCUT2D eigenvalue weighted by Crippen LogP contribution is -2.32. The molecule has 0 aromatic carbocycles. The number of carbonyl (C=O) groups is 1. The zero-order valence-electron chi connectivity index (χ0n) is 12.4. The van der Waals surface area contributed by atoms with Gasteiger partial charge in [0, 0.05) is 23.5 Å². The molecular formula is C16H22N2O. The Morgan fingerprint density at radius 1 is 1.21 bits per heavy atom. The van der Waals surface area contributed by atoms with Crippen molar-refractivity contribution in [3.63, 3.8) is 0 Å². The summed E-state index contributed by atoms with van der Waals surface area (Å²) in [5.74, 6) is 0.134. The minimum Gasteiger partial charge on any atom is -0.294 e. The Bertz CT molecular complexity index is 536. The normalized spacial score (nSPS) is 16.1. The van der Waals surface area contributed by atoms with Crippen molar-refractivity contribution < 1.29 is 4.79 Å². The molecule has 3 heteroatoms. The van der Waals surface area contributed by atoms with E-state index in [4.69, 9.17) is 4.99 Å². The Kier molecular flexibility index (Phi) is 3.33. The van der Waals surface area contributed by atoms with Crippen LogP contribution in [0.4, 0.5) is 5.69 Å². The van der Waals surface area contributed by atoms with Crippen LogP contribution in [-0.4, -0.2) is 16.5 Å². The molecule has 0 fully saturated rings. The second-order valence-corrected chi connectivity index (χ2v) is 7.17. The smallest absolute Gasteiger partial charge is 0.172 e. The number of fused-ring (bicyclic) bond motifs is 1. The zero-order valence-corrected chi connectivity index (χ0v) is 12.4. The summed E-state index contributed by atoms with van der Waals surface area (Å²) in [6, 6.07) is 1.82. The van der Waals surface area contributed by atoms with Gasteiger partial charge in [-0.15, -0.1) is 0 Å². The molecule has 0 radical (unpaired) electrons. The molecule has 0 unspecified atom stereocenters. The highest BCUT2D eigenvalue weighted by Gasteiger charge is 2.34. The maximum atomic E-state index is 12.2. The van der Waals surface area contributed by atoms with Gasteiger partial charge in [-0.05, 0) is 17.9 Å². The first-order chi connectivity index (χ1) is 8.69. The van der Waals surface area contributed by atoms with Crippen LogP contribution in [0.1, 0.15) is 57.8 Å². The van der Waals surface area contributed by atoms with Crippen molar-refractivity contribution in [2.75, 3.05) is 0 Å². The SMILES string of the molecule is CC(C)(C)CC(C)(C)C1=Nc2ccncc2C(=O)C1. The van der Waals surface area contributed by atoms with Gasteiger partial charge in [-0.2, -0.15) is 0 Å². The van der Waals surface area contributed by atoms with Crippen LogP contribution in [0.5, 0.6) is 0 Å². The van der Waals surface area contributed by atoms with Gasteiger partial charge in [0.2, 0.25) is 0 Å². The quantitative estimate of drug-likeness (QED) is 0.797. The third-order valence-corrected chi connectivity index (χ3v) is 3.44. The van der Waals surface area contributed by atoms with Crippen molar-refractivity contribution in [3.05, 3.63) is 24.0 Å². The van der Waals surface area contributed by atoms with E-state index in [1.807, 2.05) is 6.07 Å². The minimum absolute atomic E-state index is 0.0606. The van der Waals surface area contributed by atoms with Crippen molar-refractivity contribution in [1.82, 2.24) is 4.98 Å². The first-order valence-corrected chi connectivity index (χ1v) is 6.74. The minimum atomic E-state index is -0.0606. The van der Waals surface area contributed by atoms with E-state index in [1.165, 1.54) is 0 Å². The number of nitrogens with zero attached hydrogens (tertiary/aromatic N) is 2. The lowest BCUT2D eigenvalue weighted by Gasteiger charge is -2.34. The lowest BCUT2D eigenvalue weighted by molar-refractivity contribution is 0.0995. The van der Waals surface area contributed by atoms with Crippen molar-refractivity contribution in [2.24, 2.45) is 15.8 Å². The number of aromatic nitrogens is 1. The molecule has 0 atom stereocenters. The Hall–Kier alpha value is -1.51. The number of aliphatic imine (C=N–C) groups is 1. The fraction of sp³-hybridized carbons (Fsp3) is 0.562. The van der Waals surface area contributed by atoms with Gasteiger partial charge < -0.3 is 0 Å². The van der Waals surface area contributed by atoms with E-state index >= 15 is 0 Å². The van der Waals surface area contributed by atoms with Crippen molar-refractivity contribution in [3.8, 4) is 0 Å². The molecular weight excluding hydrogens is 236 g/mol. The summed E-state index contributed by atoms with van der Waals surface area (Å²) < 4.78 is 0. The Labute approximate surface area is 115 Å². The summed E-state index contributed by atoms with van der Waals surface area (Å²) in [4.78, 5) is 20.9. The average Bonchev–Trinajstić information content (AvgIpc) is 2.26. The molecule has 0 aliphatic carbocycles. The number of Topliss-reactive ketones (excluding diaryl/α,β-unsaturated/α-hetero) is 1. The molecule has 0 amide bonds. The molecule has 1 aliphatic heterocycles. The second kappa shape index (κ2) is 4.55. The number of pyridine rings is 1. The Balaban J connectivity index is 2.38. The van der Waals surface area contributed by atoms with Crippen LogP contribution in [0.2, 0.25) is 0 Å². The fourth-order valence-corrected chi connectivity index (χ4v) is 2.95. The molecule has 1 aromatic rings. The summed E-state index contributed by atoms with van der Waals surface area (Å²) in [6.45, 7) is 11.0. The standard InChI is InChI=1S/C16H22N2O/c1-15(2,3)10-16(4,5)14-8-13(19)11-9-17-7-6-12(11)18-14/h6-7,9H,8,10H2,1-5H3. The van der Waals surface area contributed by atoms with Crippen molar-refractivity contribution in [2.45, 2.75) is 47.5 Å². The van der Waals surface area contributed by atoms with Gasteiger partial charge in [-0.25, -0.2) is 0 Å². The van der Waals surface area contributed by atoms with Crippen LogP contribution in [0, 0.1) is 10.8 Å². The highest BCUT2D eigenvalue weighted by atomic mass is 16.1. The van der Waals surface area contributed by atoms with Gasteiger partial charge in [-0.3, -0.25) is 14.8 Å². The third-order valence-electron chi connectivity index (χ3n) is 3.44. The summed E-state index contributed by atoms with van der Waals surface area (Å²) in [7, 11) is 0. The highest BCUT2D eigenvalue weighted by molar-refractivity contribution is 6.16. The van der Waals surface area contributed by atoms with Crippen LogP contribution in [0.25, 0.3) is 0 Å². The number of ketones is 1.